The third-order valence-corrected chi connectivity index (χ3v) is 3.68. The van der Waals surface area contributed by atoms with Crippen molar-refractivity contribution in [3.8, 4) is 5.75 Å². The second-order valence-electron chi connectivity index (χ2n) is 5.31. The molecule has 0 fully saturated rings. The maximum Gasteiger partial charge on any atom is 0.416 e. The van der Waals surface area contributed by atoms with E-state index in [4.69, 9.17) is 10.5 Å². The van der Waals surface area contributed by atoms with Crippen LogP contribution in [0.4, 0.5) is 13.2 Å². The molecule has 0 amide bonds. The van der Waals surface area contributed by atoms with Gasteiger partial charge in [-0.3, -0.25) is 0 Å². The molecule has 0 aliphatic rings. The van der Waals surface area contributed by atoms with Crippen molar-refractivity contribution >= 4 is 0 Å². The molecule has 23 heavy (non-hydrogen) atoms. The summed E-state index contributed by atoms with van der Waals surface area (Å²) in [5, 5.41) is 0. The van der Waals surface area contributed by atoms with E-state index in [1.807, 2.05) is 31.2 Å². The molecule has 0 saturated carbocycles. The standard InChI is InChI=1S/C18H20F3NO/c1-2-23-17-9-4-3-8-16(17)14(12-22)10-13-6-5-7-15(11-13)18(19,20)21/h3-9,11,14H,2,10,12,22H2,1H3. The molecule has 0 aliphatic heterocycles. The summed E-state index contributed by atoms with van der Waals surface area (Å²) < 4.78 is 44.1. The van der Waals surface area contributed by atoms with E-state index in [0.717, 1.165) is 17.4 Å². The van der Waals surface area contributed by atoms with Gasteiger partial charge in [-0.1, -0.05) is 36.4 Å². The third kappa shape index (κ3) is 4.48. The highest BCUT2D eigenvalue weighted by atomic mass is 19.4. The number of rotatable bonds is 6. The lowest BCUT2D eigenvalue weighted by molar-refractivity contribution is -0.137. The van der Waals surface area contributed by atoms with Gasteiger partial charge in [-0.2, -0.15) is 13.2 Å². The van der Waals surface area contributed by atoms with Crippen LogP contribution in [0.1, 0.15) is 29.5 Å². The molecule has 2 aromatic carbocycles. The normalized spacial score (nSPS) is 12.9. The first-order valence-corrected chi connectivity index (χ1v) is 7.53. The molecule has 2 aromatic rings. The van der Waals surface area contributed by atoms with Crippen LogP contribution < -0.4 is 10.5 Å². The first-order chi connectivity index (χ1) is 11.0. The maximum absolute atomic E-state index is 12.8. The lowest BCUT2D eigenvalue weighted by Gasteiger charge is -2.19. The first kappa shape index (κ1) is 17.3. The number of hydrogen-bond donors (Lipinski definition) is 1. The Kier molecular flexibility index (Phi) is 5.66. The minimum Gasteiger partial charge on any atom is -0.494 e. The van der Waals surface area contributed by atoms with Gasteiger partial charge in [-0.25, -0.2) is 0 Å². The van der Waals surface area contributed by atoms with E-state index < -0.39 is 11.7 Å². The van der Waals surface area contributed by atoms with Gasteiger partial charge in [0.25, 0.3) is 0 Å². The van der Waals surface area contributed by atoms with Crippen LogP contribution in [0.25, 0.3) is 0 Å². The Morgan fingerprint density at radius 2 is 1.83 bits per heavy atom. The summed E-state index contributed by atoms with van der Waals surface area (Å²) in [6.07, 6.45) is -3.90. The first-order valence-electron chi connectivity index (χ1n) is 7.53. The molecule has 1 atom stereocenters. The molecule has 0 aromatic heterocycles. The average molecular weight is 323 g/mol. The minimum absolute atomic E-state index is 0.0961. The fraction of sp³-hybridized carbons (Fsp3) is 0.333. The van der Waals surface area contributed by atoms with Crippen LogP contribution in [-0.4, -0.2) is 13.2 Å². The summed E-state index contributed by atoms with van der Waals surface area (Å²) in [4.78, 5) is 0. The van der Waals surface area contributed by atoms with Crippen molar-refractivity contribution in [3.63, 3.8) is 0 Å². The van der Waals surface area contributed by atoms with Crippen molar-refractivity contribution in [3.05, 3.63) is 65.2 Å². The van der Waals surface area contributed by atoms with Crippen LogP contribution in [0.2, 0.25) is 0 Å². The molecule has 0 bridgehead atoms. The zero-order valence-electron chi connectivity index (χ0n) is 12.9. The Morgan fingerprint density at radius 1 is 1.09 bits per heavy atom. The Balaban J connectivity index is 2.27. The van der Waals surface area contributed by atoms with Crippen molar-refractivity contribution in [1.82, 2.24) is 0 Å². The molecule has 0 radical (unpaired) electrons. The second-order valence-corrected chi connectivity index (χ2v) is 5.31. The van der Waals surface area contributed by atoms with Gasteiger partial charge in [-0.05, 0) is 43.1 Å². The Hall–Kier alpha value is -2.01. The summed E-state index contributed by atoms with van der Waals surface area (Å²) in [7, 11) is 0. The van der Waals surface area contributed by atoms with Gasteiger partial charge in [0.1, 0.15) is 5.75 Å². The number of para-hydroxylation sites is 1. The van der Waals surface area contributed by atoms with Gasteiger partial charge >= 0.3 is 6.18 Å². The summed E-state index contributed by atoms with van der Waals surface area (Å²) >= 11 is 0. The largest absolute Gasteiger partial charge is 0.494 e. The van der Waals surface area contributed by atoms with Crippen LogP contribution in [0.3, 0.4) is 0 Å². The Labute approximate surface area is 134 Å². The highest BCUT2D eigenvalue weighted by molar-refractivity contribution is 5.38. The lowest BCUT2D eigenvalue weighted by atomic mass is 9.91. The van der Waals surface area contributed by atoms with Crippen LogP contribution in [0, 0.1) is 0 Å². The highest BCUT2D eigenvalue weighted by Crippen LogP contribution is 2.32. The summed E-state index contributed by atoms with van der Waals surface area (Å²) in [5.41, 5.74) is 6.77. The van der Waals surface area contributed by atoms with Gasteiger partial charge in [0.15, 0.2) is 0 Å². The number of hydrogen-bond acceptors (Lipinski definition) is 2. The summed E-state index contributed by atoms with van der Waals surface area (Å²) in [5.74, 6) is 0.638. The molecule has 0 saturated heterocycles. The van der Waals surface area contributed by atoms with Crippen molar-refractivity contribution in [2.45, 2.75) is 25.4 Å². The van der Waals surface area contributed by atoms with E-state index in [-0.39, 0.29) is 5.92 Å². The van der Waals surface area contributed by atoms with E-state index >= 15 is 0 Å². The van der Waals surface area contributed by atoms with Crippen molar-refractivity contribution < 1.29 is 17.9 Å². The van der Waals surface area contributed by atoms with Gasteiger partial charge in [0.05, 0.1) is 12.2 Å². The second kappa shape index (κ2) is 7.51. The predicted octanol–water partition coefficient (Wildman–Crippen LogP) is 4.39. The fourth-order valence-electron chi connectivity index (χ4n) is 2.58. The number of alkyl halides is 3. The highest BCUT2D eigenvalue weighted by Gasteiger charge is 2.30. The predicted molar refractivity (Wildman–Crippen MR) is 84.6 cm³/mol. The van der Waals surface area contributed by atoms with Gasteiger partial charge < -0.3 is 10.5 Å². The van der Waals surface area contributed by atoms with Gasteiger partial charge in [0.2, 0.25) is 0 Å². The number of halogens is 3. The molecule has 2 rings (SSSR count). The molecule has 1 unspecified atom stereocenters. The van der Waals surface area contributed by atoms with Crippen LogP contribution in [-0.2, 0) is 12.6 Å². The zero-order chi connectivity index (χ0) is 16.9. The van der Waals surface area contributed by atoms with Crippen molar-refractivity contribution in [2.75, 3.05) is 13.2 Å². The summed E-state index contributed by atoms with van der Waals surface area (Å²) in [6, 6.07) is 12.9. The molecule has 0 spiro atoms. The maximum atomic E-state index is 12.8. The van der Waals surface area contributed by atoms with Crippen molar-refractivity contribution in [2.24, 2.45) is 5.73 Å². The molecular weight excluding hydrogens is 303 g/mol. The van der Waals surface area contributed by atoms with Crippen LogP contribution >= 0.6 is 0 Å². The van der Waals surface area contributed by atoms with E-state index in [0.29, 0.717) is 25.1 Å². The zero-order valence-corrected chi connectivity index (χ0v) is 12.9. The van der Waals surface area contributed by atoms with Crippen LogP contribution in [0.15, 0.2) is 48.5 Å². The van der Waals surface area contributed by atoms with E-state index in [1.165, 1.54) is 12.1 Å². The van der Waals surface area contributed by atoms with Gasteiger partial charge in [-0.15, -0.1) is 0 Å². The smallest absolute Gasteiger partial charge is 0.416 e. The fourth-order valence-corrected chi connectivity index (χ4v) is 2.58. The Morgan fingerprint density at radius 3 is 2.48 bits per heavy atom. The van der Waals surface area contributed by atoms with E-state index in [9.17, 15) is 13.2 Å². The molecule has 0 heterocycles. The van der Waals surface area contributed by atoms with E-state index in [2.05, 4.69) is 0 Å². The van der Waals surface area contributed by atoms with Crippen molar-refractivity contribution in [1.29, 1.82) is 0 Å². The number of ether oxygens (including phenoxy) is 1. The average Bonchev–Trinajstić information content (AvgIpc) is 2.53. The van der Waals surface area contributed by atoms with E-state index in [1.54, 1.807) is 6.07 Å². The number of benzene rings is 2. The topological polar surface area (TPSA) is 35.2 Å². The molecule has 0 aliphatic carbocycles. The monoisotopic (exact) mass is 323 g/mol. The minimum atomic E-state index is -4.34. The summed E-state index contributed by atoms with van der Waals surface area (Å²) in [6.45, 7) is 2.75. The Bertz CT molecular complexity index is 640. The SMILES string of the molecule is CCOc1ccccc1C(CN)Cc1cccc(C(F)(F)F)c1. The number of nitrogens with two attached hydrogens (primary N) is 1. The molecule has 2 nitrogen and oxygen atoms in total. The molecule has 5 heteroatoms. The third-order valence-electron chi connectivity index (χ3n) is 3.68. The molecule has 2 N–H and O–H groups in total. The van der Waals surface area contributed by atoms with Crippen LogP contribution in [0.5, 0.6) is 5.75 Å². The molecular formula is C18H20F3NO. The van der Waals surface area contributed by atoms with Gasteiger partial charge in [0, 0.05) is 5.92 Å². The quantitative estimate of drug-likeness (QED) is 0.856. The lowest BCUT2D eigenvalue weighted by Crippen LogP contribution is -2.16. The molecule has 124 valence electrons.